The zero-order valence-electron chi connectivity index (χ0n) is 11.7. The third-order valence-electron chi connectivity index (χ3n) is 3.07. The molecule has 0 N–H and O–H groups in total. The van der Waals surface area contributed by atoms with Gasteiger partial charge in [-0.25, -0.2) is 8.78 Å². The fourth-order valence-corrected chi connectivity index (χ4v) is 1.98. The molecule has 0 aliphatic heterocycles. The van der Waals surface area contributed by atoms with E-state index in [0.29, 0.717) is 17.1 Å². The number of methoxy groups -OCH3 is 2. The summed E-state index contributed by atoms with van der Waals surface area (Å²) >= 11 is 0. The Bertz CT molecular complexity index is 669. The molecule has 0 aromatic heterocycles. The summed E-state index contributed by atoms with van der Waals surface area (Å²) in [6.45, 7) is 0. The van der Waals surface area contributed by atoms with Crippen molar-refractivity contribution >= 4 is 5.78 Å². The number of carbonyl (C=O) groups is 1. The molecule has 0 aliphatic rings. The van der Waals surface area contributed by atoms with Crippen LogP contribution in [-0.2, 0) is 6.42 Å². The van der Waals surface area contributed by atoms with Gasteiger partial charge < -0.3 is 9.47 Å². The molecule has 110 valence electrons. The first-order valence-electron chi connectivity index (χ1n) is 6.24. The Morgan fingerprint density at radius 3 is 2.48 bits per heavy atom. The molecular weight excluding hydrogens is 278 g/mol. The van der Waals surface area contributed by atoms with Crippen LogP contribution in [0.25, 0.3) is 0 Å². The van der Waals surface area contributed by atoms with Crippen molar-refractivity contribution < 1.29 is 23.0 Å². The van der Waals surface area contributed by atoms with Crippen LogP contribution >= 0.6 is 0 Å². The van der Waals surface area contributed by atoms with Crippen LogP contribution in [-0.4, -0.2) is 20.0 Å². The number of ether oxygens (including phenoxy) is 2. The molecule has 0 radical (unpaired) electrons. The molecule has 21 heavy (non-hydrogen) atoms. The van der Waals surface area contributed by atoms with Gasteiger partial charge in [0.05, 0.1) is 19.8 Å². The minimum Gasteiger partial charge on any atom is -0.497 e. The smallest absolute Gasteiger partial charge is 0.171 e. The van der Waals surface area contributed by atoms with Crippen LogP contribution in [0, 0.1) is 11.6 Å². The van der Waals surface area contributed by atoms with Gasteiger partial charge in [0, 0.05) is 12.5 Å². The zero-order chi connectivity index (χ0) is 15.4. The number of hydrogen-bond donors (Lipinski definition) is 0. The number of Topliss-reactive ketones (excluding diaryl/α,β-unsaturated/α-hetero) is 1. The molecule has 3 nitrogen and oxygen atoms in total. The van der Waals surface area contributed by atoms with E-state index in [4.69, 9.17) is 9.47 Å². The molecular formula is C16H14F2O3. The number of hydrogen-bond acceptors (Lipinski definition) is 3. The summed E-state index contributed by atoms with van der Waals surface area (Å²) in [6, 6.07) is 7.74. The Balaban J connectivity index is 2.30. The van der Waals surface area contributed by atoms with Gasteiger partial charge in [-0.1, -0.05) is 0 Å². The van der Waals surface area contributed by atoms with Crippen LogP contribution in [0.2, 0.25) is 0 Å². The summed E-state index contributed by atoms with van der Waals surface area (Å²) in [7, 11) is 2.92. The fraction of sp³-hybridized carbons (Fsp3) is 0.188. The molecule has 0 bridgehead atoms. The van der Waals surface area contributed by atoms with Crippen LogP contribution in [0.1, 0.15) is 15.9 Å². The van der Waals surface area contributed by atoms with E-state index in [1.54, 1.807) is 12.1 Å². The molecule has 2 rings (SSSR count). The van der Waals surface area contributed by atoms with Gasteiger partial charge in [-0.15, -0.1) is 0 Å². The highest BCUT2D eigenvalue weighted by Crippen LogP contribution is 2.26. The van der Waals surface area contributed by atoms with Crippen LogP contribution in [0.5, 0.6) is 11.5 Å². The van der Waals surface area contributed by atoms with Crippen LogP contribution in [0.4, 0.5) is 8.78 Å². The Morgan fingerprint density at radius 2 is 1.81 bits per heavy atom. The van der Waals surface area contributed by atoms with Gasteiger partial charge in [0.2, 0.25) is 0 Å². The Kier molecular flexibility index (Phi) is 4.52. The second-order valence-electron chi connectivity index (χ2n) is 4.40. The summed E-state index contributed by atoms with van der Waals surface area (Å²) in [5.74, 6) is -0.686. The van der Waals surface area contributed by atoms with E-state index in [2.05, 4.69) is 0 Å². The van der Waals surface area contributed by atoms with Crippen molar-refractivity contribution in [1.29, 1.82) is 0 Å². The van der Waals surface area contributed by atoms with Gasteiger partial charge in [-0.3, -0.25) is 4.79 Å². The Hall–Kier alpha value is -2.43. The minimum atomic E-state index is -0.614. The molecule has 0 saturated carbocycles. The molecule has 0 atom stereocenters. The van der Waals surface area contributed by atoms with Gasteiger partial charge in [-0.2, -0.15) is 0 Å². The lowest BCUT2D eigenvalue weighted by molar-refractivity contribution is 0.0989. The SMILES string of the molecule is COc1ccc(C(=O)Cc2cc(F)ccc2F)c(OC)c1. The molecule has 0 heterocycles. The number of carbonyl (C=O) groups excluding carboxylic acids is 1. The van der Waals surface area contributed by atoms with Crippen molar-refractivity contribution in [2.45, 2.75) is 6.42 Å². The maximum absolute atomic E-state index is 13.6. The molecule has 2 aromatic rings. The maximum atomic E-state index is 13.6. The molecule has 0 saturated heterocycles. The fourth-order valence-electron chi connectivity index (χ4n) is 1.98. The van der Waals surface area contributed by atoms with E-state index < -0.39 is 11.6 Å². The van der Waals surface area contributed by atoms with Crippen LogP contribution < -0.4 is 9.47 Å². The van der Waals surface area contributed by atoms with Gasteiger partial charge in [0.1, 0.15) is 23.1 Å². The molecule has 0 unspecified atom stereocenters. The Labute approximate surface area is 121 Å². The van der Waals surface area contributed by atoms with Crippen molar-refractivity contribution in [2.75, 3.05) is 14.2 Å². The molecule has 0 amide bonds. The van der Waals surface area contributed by atoms with Crippen molar-refractivity contribution in [3.8, 4) is 11.5 Å². The normalized spacial score (nSPS) is 10.3. The van der Waals surface area contributed by atoms with Gasteiger partial charge in [-0.05, 0) is 35.9 Å². The second kappa shape index (κ2) is 6.35. The molecule has 2 aromatic carbocycles. The highest BCUT2D eigenvalue weighted by Gasteiger charge is 2.16. The summed E-state index contributed by atoms with van der Waals surface area (Å²) < 4.78 is 36.9. The lowest BCUT2D eigenvalue weighted by Gasteiger charge is -2.10. The van der Waals surface area contributed by atoms with Gasteiger partial charge >= 0.3 is 0 Å². The first kappa shape index (κ1) is 15.0. The van der Waals surface area contributed by atoms with E-state index in [-0.39, 0.29) is 17.8 Å². The van der Waals surface area contributed by atoms with Gasteiger partial charge in [0.15, 0.2) is 5.78 Å². The lowest BCUT2D eigenvalue weighted by Crippen LogP contribution is -2.07. The summed E-state index contributed by atoms with van der Waals surface area (Å²) in [6.07, 6.45) is -0.244. The monoisotopic (exact) mass is 292 g/mol. The van der Waals surface area contributed by atoms with Gasteiger partial charge in [0.25, 0.3) is 0 Å². The summed E-state index contributed by atoms with van der Waals surface area (Å²) in [5.41, 5.74) is 0.305. The second-order valence-corrected chi connectivity index (χ2v) is 4.40. The first-order valence-corrected chi connectivity index (χ1v) is 6.24. The summed E-state index contributed by atoms with van der Waals surface area (Å²) in [4.78, 5) is 12.2. The van der Waals surface area contributed by atoms with E-state index in [1.807, 2.05) is 0 Å². The molecule has 0 spiro atoms. The topological polar surface area (TPSA) is 35.5 Å². The average Bonchev–Trinajstić information content (AvgIpc) is 2.50. The van der Waals surface area contributed by atoms with Crippen molar-refractivity contribution in [3.05, 3.63) is 59.2 Å². The Morgan fingerprint density at radius 1 is 1.05 bits per heavy atom. The molecule has 0 fully saturated rings. The molecule has 5 heteroatoms. The predicted molar refractivity (Wildman–Crippen MR) is 73.9 cm³/mol. The quantitative estimate of drug-likeness (QED) is 0.792. The highest BCUT2D eigenvalue weighted by atomic mass is 19.1. The number of ketones is 1. The lowest BCUT2D eigenvalue weighted by atomic mass is 10.0. The summed E-state index contributed by atoms with van der Waals surface area (Å²) in [5, 5.41) is 0. The first-order chi connectivity index (χ1) is 10.0. The third-order valence-corrected chi connectivity index (χ3v) is 3.07. The molecule has 0 aliphatic carbocycles. The van der Waals surface area contributed by atoms with Crippen molar-refractivity contribution in [1.82, 2.24) is 0 Å². The standard InChI is InChI=1S/C16H14F2O3/c1-20-12-4-5-13(16(9-12)21-2)15(19)8-10-7-11(17)3-6-14(10)18/h3-7,9H,8H2,1-2H3. The minimum absolute atomic E-state index is 0.0119. The van der Waals surface area contributed by atoms with E-state index >= 15 is 0 Å². The maximum Gasteiger partial charge on any atom is 0.171 e. The van der Waals surface area contributed by atoms with Crippen LogP contribution in [0.15, 0.2) is 36.4 Å². The number of rotatable bonds is 5. The van der Waals surface area contributed by atoms with Crippen molar-refractivity contribution in [3.63, 3.8) is 0 Å². The van der Waals surface area contributed by atoms with E-state index in [1.165, 1.54) is 20.3 Å². The van der Waals surface area contributed by atoms with E-state index in [0.717, 1.165) is 18.2 Å². The number of benzene rings is 2. The third kappa shape index (κ3) is 3.37. The van der Waals surface area contributed by atoms with E-state index in [9.17, 15) is 13.6 Å². The highest BCUT2D eigenvalue weighted by molar-refractivity contribution is 6.00. The average molecular weight is 292 g/mol. The zero-order valence-corrected chi connectivity index (χ0v) is 11.7. The van der Waals surface area contributed by atoms with Crippen LogP contribution in [0.3, 0.4) is 0 Å². The largest absolute Gasteiger partial charge is 0.497 e. The van der Waals surface area contributed by atoms with Crippen molar-refractivity contribution in [2.24, 2.45) is 0 Å². The predicted octanol–water partition coefficient (Wildman–Crippen LogP) is 3.41. The number of halogens is 2.